The Morgan fingerprint density at radius 1 is 1.00 bits per heavy atom. The molecule has 0 unspecified atom stereocenters. The maximum atomic E-state index is 8.38. The zero-order chi connectivity index (χ0) is 6.83. The van der Waals surface area contributed by atoms with Crippen molar-refractivity contribution in [3.8, 4) is 0 Å². The van der Waals surface area contributed by atoms with Crippen LogP contribution in [0.5, 0.6) is 0 Å². The van der Waals surface area contributed by atoms with Crippen molar-refractivity contribution in [1.29, 1.82) is 0 Å². The van der Waals surface area contributed by atoms with Gasteiger partial charge < -0.3 is 10.2 Å². The van der Waals surface area contributed by atoms with Crippen LogP contribution in [0.2, 0.25) is 0 Å². The van der Waals surface area contributed by atoms with Gasteiger partial charge in [0, 0.05) is 13.2 Å². The van der Waals surface area contributed by atoms with E-state index in [2.05, 4.69) is 0 Å². The van der Waals surface area contributed by atoms with Crippen molar-refractivity contribution < 1.29 is 32.0 Å². The van der Waals surface area contributed by atoms with Crippen LogP contribution >= 0.6 is 0 Å². The monoisotopic (exact) mass is 170 g/mol. The van der Waals surface area contributed by atoms with Crippen molar-refractivity contribution in [3.63, 3.8) is 0 Å². The summed E-state index contributed by atoms with van der Waals surface area (Å²) in [5, 5.41) is 16.2. The predicted molar refractivity (Wildman–Crippen MR) is 24.1 cm³/mol. The van der Waals surface area contributed by atoms with Crippen LogP contribution in [0, 0.1) is 0 Å². The fourth-order valence-electron chi connectivity index (χ4n) is 0.224. The number of hydrogen-bond acceptors (Lipinski definition) is 3. The van der Waals surface area contributed by atoms with Crippen LogP contribution in [-0.2, 0) is 21.8 Å². The fraction of sp³-hybridized carbons (Fsp3) is 1.00. The van der Waals surface area contributed by atoms with Crippen LogP contribution in [0.1, 0.15) is 12.8 Å². The SMILES string of the molecule is OCCCCO.[O]=[Zn]. The van der Waals surface area contributed by atoms with E-state index in [0.717, 1.165) is 12.8 Å². The molecule has 0 aromatic carbocycles. The molecule has 0 radical (unpaired) electrons. The summed E-state index contributed by atoms with van der Waals surface area (Å²) < 4.78 is 8.38. The number of unbranched alkanes of at least 4 members (excludes halogenated alkanes) is 1. The quantitative estimate of drug-likeness (QED) is 0.450. The summed E-state index contributed by atoms with van der Waals surface area (Å²) in [6.45, 7) is 0.390. The molecule has 0 saturated carbocycles. The van der Waals surface area contributed by atoms with Crippen molar-refractivity contribution >= 4 is 0 Å². The first-order valence-corrected chi connectivity index (χ1v) is 3.63. The molecule has 0 amide bonds. The second-order valence-electron chi connectivity index (χ2n) is 1.15. The molecule has 8 heavy (non-hydrogen) atoms. The number of rotatable bonds is 3. The number of aliphatic hydroxyl groups is 2. The third kappa shape index (κ3) is 16.2. The summed E-state index contributed by atoms with van der Waals surface area (Å²) in [4.78, 5) is 0. The van der Waals surface area contributed by atoms with Gasteiger partial charge in [-0.15, -0.1) is 0 Å². The van der Waals surface area contributed by atoms with Gasteiger partial charge >= 0.3 is 21.8 Å². The van der Waals surface area contributed by atoms with Crippen LogP contribution in [0.3, 0.4) is 0 Å². The molecule has 2 N–H and O–H groups in total. The maximum absolute atomic E-state index is 8.38. The molecule has 0 rings (SSSR count). The summed E-state index contributed by atoms with van der Waals surface area (Å²) in [7, 11) is 0. The Bertz CT molecular complexity index is 30.5. The van der Waals surface area contributed by atoms with Crippen molar-refractivity contribution in [2.24, 2.45) is 0 Å². The second-order valence-corrected chi connectivity index (χ2v) is 1.15. The van der Waals surface area contributed by atoms with E-state index >= 15 is 0 Å². The Morgan fingerprint density at radius 3 is 1.38 bits per heavy atom. The van der Waals surface area contributed by atoms with Crippen LogP contribution in [0.25, 0.3) is 0 Å². The van der Waals surface area contributed by atoms with Gasteiger partial charge in [-0.1, -0.05) is 0 Å². The molecule has 0 aliphatic carbocycles. The Morgan fingerprint density at radius 2 is 1.25 bits per heavy atom. The standard InChI is InChI=1S/C4H10O2.O.Zn/c5-3-1-2-4-6;;/h5-6H,1-4H2;;. The van der Waals surface area contributed by atoms with E-state index in [0.29, 0.717) is 0 Å². The van der Waals surface area contributed by atoms with Crippen molar-refractivity contribution in [1.82, 2.24) is 0 Å². The Balaban J connectivity index is 0. The van der Waals surface area contributed by atoms with Gasteiger partial charge in [0.25, 0.3) is 0 Å². The molecule has 0 aliphatic rings. The topological polar surface area (TPSA) is 57.5 Å². The molecule has 0 aromatic rings. The third-order valence-corrected chi connectivity index (χ3v) is 0.566. The molecular formula is C4H10O3Zn. The summed E-state index contributed by atoms with van der Waals surface area (Å²) in [6.07, 6.45) is 1.44. The van der Waals surface area contributed by atoms with Crippen molar-refractivity contribution in [2.45, 2.75) is 12.8 Å². The molecule has 0 saturated heterocycles. The van der Waals surface area contributed by atoms with E-state index in [1.165, 1.54) is 0 Å². The van der Waals surface area contributed by atoms with Gasteiger partial charge in [-0.3, -0.25) is 0 Å². The zero-order valence-corrected chi connectivity index (χ0v) is 7.81. The van der Waals surface area contributed by atoms with Crippen LogP contribution in [-0.4, -0.2) is 23.4 Å². The average molecular weight is 172 g/mol. The molecule has 3 nitrogen and oxygen atoms in total. The van der Waals surface area contributed by atoms with Crippen molar-refractivity contribution in [3.05, 3.63) is 0 Å². The van der Waals surface area contributed by atoms with E-state index < -0.39 is 0 Å². The first-order chi connectivity index (χ1) is 3.91. The van der Waals surface area contributed by atoms with E-state index in [1.54, 1.807) is 0 Å². The summed E-state index contributed by atoms with van der Waals surface area (Å²) in [6, 6.07) is 0. The fourth-order valence-corrected chi connectivity index (χ4v) is 0.224. The number of aliphatic hydroxyl groups excluding tert-OH is 2. The molecular weight excluding hydrogens is 161 g/mol. The second kappa shape index (κ2) is 15.7. The van der Waals surface area contributed by atoms with Gasteiger partial charge in [-0.05, 0) is 12.8 Å². The first kappa shape index (κ1) is 11.2. The average Bonchev–Trinajstić information content (AvgIpc) is 1.88. The minimum atomic E-state index is 0.125. The van der Waals surface area contributed by atoms with Gasteiger partial charge in [-0.2, -0.15) is 0 Å². The molecule has 4 heteroatoms. The molecule has 0 heterocycles. The molecule has 0 fully saturated rings. The normalized spacial score (nSPS) is 7.50. The molecule has 0 atom stereocenters. The summed E-state index contributed by atoms with van der Waals surface area (Å²) in [5.74, 6) is 0. The van der Waals surface area contributed by atoms with E-state index in [-0.39, 0.29) is 31.5 Å². The van der Waals surface area contributed by atoms with Crippen LogP contribution < -0.4 is 0 Å². The summed E-state index contributed by atoms with van der Waals surface area (Å²) in [5.41, 5.74) is 0. The molecule has 0 spiro atoms. The molecule has 0 aromatic heterocycles. The predicted octanol–water partition coefficient (Wildman–Crippen LogP) is -0.370. The summed E-state index contributed by atoms with van der Waals surface area (Å²) >= 11 is 0.125. The van der Waals surface area contributed by atoms with Gasteiger partial charge in [0.2, 0.25) is 0 Å². The Kier molecular flexibility index (Phi) is 21.9. The van der Waals surface area contributed by atoms with Gasteiger partial charge in [0.1, 0.15) is 0 Å². The van der Waals surface area contributed by atoms with Gasteiger partial charge in [0.05, 0.1) is 0 Å². The molecule has 46 valence electrons. The minimum absolute atomic E-state index is 0.125. The van der Waals surface area contributed by atoms with Crippen LogP contribution in [0.4, 0.5) is 0 Å². The van der Waals surface area contributed by atoms with E-state index in [1.807, 2.05) is 0 Å². The molecule has 0 aliphatic heterocycles. The number of hydrogen-bond donors (Lipinski definition) is 2. The molecule has 0 bridgehead atoms. The van der Waals surface area contributed by atoms with E-state index in [9.17, 15) is 0 Å². The Labute approximate surface area is 58.7 Å². The zero-order valence-electron chi connectivity index (χ0n) is 4.84. The third-order valence-electron chi connectivity index (χ3n) is 0.566. The first-order valence-electron chi connectivity index (χ1n) is 2.42. The van der Waals surface area contributed by atoms with E-state index in [4.69, 9.17) is 13.8 Å². The Hall–Kier alpha value is 0.343. The van der Waals surface area contributed by atoms with Gasteiger partial charge in [-0.25, -0.2) is 0 Å². The van der Waals surface area contributed by atoms with Crippen LogP contribution in [0.15, 0.2) is 0 Å². The van der Waals surface area contributed by atoms with Gasteiger partial charge in [0.15, 0.2) is 0 Å². The van der Waals surface area contributed by atoms with Crippen molar-refractivity contribution in [2.75, 3.05) is 13.2 Å².